The number of carboxylic acids is 1. The zero-order chi connectivity index (χ0) is 7.98. The van der Waals surface area contributed by atoms with Crippen molar-refractivity contribution in [1.29, 1.82) is 0 Å². The Morgan fingerprint density at radius 1 is 1.70 bits per heavy atom. The van der Waals surface area contributed by atoms with Crippen LogP contribution in [0, 0.1) is 0 Å². The quantitative estimate of drug-likeness (QED) is 0.598. The Balaban J connectivity index is 3.98. The second-order valence-electron chi connectivity index (χ2n) is 1.79. The molecule has 0 aliphatic heterocycles. The van der Waals surface area contributed by atoms with Crippen molar-refractivity contribution in [2.24, 2.45) is 4.99 Å². The van der Waals surface area contributed by atoms with Gasteiger partial charge >= 0.3 is 5.97 Å². The number of aliphatic imine (C=N–C) groups is 1. The minimum atomic E-state index is -0.848. The van der Waals surface area contributed by atoms with Crippen molar-refractivity contribution in [1.82, 2.24) is 0 Å². The van der Waals surface area contributed by atoms with Crippen molar-refractivity contribution in [2.75, 3.05) is 7.05 Å². The summed E-state index contributed by atoms with van der Waals surface area (Å²) in [6.45, 7) is 1.83. The minimum Gasteiger partial charge on any atom is -0.481 e. The third-order valence-corrected chi connectivity index (χ3v) is 0.979. The van der Waals surface area contributed by atoms with Crippen molar-refractivity contribution in [3.8, 4) is 0 Å². The predicted molar refractivity (Wildman–Crippen MR) is 40.4 cm³/mol. The van der Waals surface area contributed by atoms with Crippen LogP contribution in [-0.4, -0.2) is 23.8 Å². The highest BCUT2D eigenvalue weighted by Crippen LogP contribution is 1.88. The van der Waals surface area contributed by atoms with Crippen LogP contribution < -0.4 is 0 Å². The van der Waals surface area contributed by atoms with Crippen LogP contribution in [0.3, 0.4) is 0 Å². The number of hydrogen-bond donors (Lipinski definition) is 1. The molecule has 0 atom stereocenters. The molecule has 0 aliphatic carbocycles. The molecule has 56 valence electrons. The van der Waals surface area contributed by atoms with Crippen LogP contribution in [0.2, 0.25) is 0 Å². The van der Waals surface area contributed by atoms with Crippen LogP contribution in [0.25, 0.3) is 0 Å². The lowest BCUT2D eigenvalue weighted by atomic mass is 10.2. The number of hydrogen-bond acceptors (Lipinski definition) is 2. The topological polar surface area (TPSA) is 49.7 Å². The van der Waals surface area contributed by atoms with Gasteiger partial charge in [0, 0.05) is 12.8 Å². The first-order chi connectivity index (χ1) is 4.70. The van der Waals surface area contributed by atoms with Crippen LogP contribution in [0.1, 0.15) is 13.3 Å². The molecule has 3 heteroatoms. The molecule has 10 heavy (non-hydrogen) atoms. The van der Waals surface area contributed by atoms with Gasteiger partial charge in [-0.15, -0.1) is 0 Å². The van der Waals surface area contributed by atoms with E-state index in [0.29, 0.717) is 5.71 Å². The second kappa shape index (κ2) is 4.73. The molecule has 0 bridgehead atoms. The summed E-state index contributed by atoms with van der Waals surface area (Å²) >= 11 is 0. The molecule has 0 spiro atoms. The lowest BCUT2D eigenvalue weighted by Gasteiger charge is -1.92. The maximum atomic E-state index is 10.1. The zero-order valence-electron chi connectivity index (χ0n) is 6.16. The average Bonchev–Trinajstić information content (AvgIpc) is 1.86. The number of allylic oxidation sites excluding steroid dienone is 2. The van der Waals surface area contributed by atoms with E-state index in [1.807, 2.05) is 6.92 Å². The van der Waals surface area contributed by atoms with Crippen LogP contribution in [0.15, 0.2) is 17.1 Å². The van der Waals surface area contributed by atoms with Gasteiger partial charge in [-0.3, -0.25) is 9.79 Å². The number of rotatable bonds is 3. The van der Waals surface area contributed by atoms with Gasteiger partial charge in [-0.05, 0) is 13.0 Å². The summed E-state index contributed by atoms with van der Waals surface area (Å²) in [5.41, 5.74) is 0.593. The van der Waals surface area contributed by atoms with E-state index in [1.165, 1.54) is 0 Å². The van der Waals surface area contributed by atoms with Gasteiger partial charge in [0.05, 0.1) is 6.42 Å². The van der Waals surface area contributed by atoms with Crippen LogP contribution >= 0.6 is 0 Å². The normalized spacial score (nSPS) is 12.4. The number of aliphatic carboxylic acids is 1. The zero-order valence-corrected chi connectivity index (χ0v) is 6.16. The summed E-state index contributed by atoms with van der Waals surface area (Å²) in [6, 6.07) is 0. The Kier molecular flexibility index (Phi) is 4.20. The van der Waals surface area contributed by atoms with Gasteiger partial charge in [-0.2, -0.15) is 0 Å². The molecule has 0 radical (unpaired) electrons. The smallest absolute Gasteiger partial charge is 0.309 e. The number of carboxylic acid groups (broad SMARTS) is 1. The Labute approximate surface area is 60.1 Å². The lowest BCUT2D eigenvalue weighted by Crippen LogP contribution is -2.03. The molecule has 0 fully saturated rings. The first-order valence-electron chi connectivity index (χ1n) is 3.01. The molecule has 3 nitrogen and oxygen atoms in total. The van der Waals surface area contributed by atoms with Crippen molar-refractivity contribution < 1.29 is 9.90 Å². The lowest BCUT2D eigenvalue weighted by molar-refractivity contribution is -0.135. The SMILES string of the molecule is C/C=C\C(CC(=O)O)=N/C. The molecule has 0 saturated carbocycles. The Hall–Kier alpha value is -1.12. The highest BCUT2D eigenvalue weighted by atomic mass is 16.4. The minimum absolute atomic E-state index is 0.000833. The fraction of sp³-hybridized carbons (Fsp3) is 0.429. The molecule has 0 aliphatic rings. The number of nitrogens with zero attached hydrogens (tertiary/aromatic N) is 1. The van der Waals surface area contributed by atoms with E-state index in [1.54, 1.807) is 19.2 Å². The Morgan fingerprint density at radius 2 is 2.30 bits per heavy atom. The molecule has 0 saturated heterocycles. The van der Waals surface area contributed by atoms with E-state index in [2.05, 4.69) is 4.99 Å². The summed E-state index contributed by atoms with van der Waals surface area (Å²) in [5.74, 6) is -0.848. The summed E-state index contributed by atoms with van der Waals surface area (Å²) in [6.07, 6.45) is 3.46. The van der Waals surface area contributed by atoms with Crippen LogP contribution in [-0.2, 0) is 4.79 Å². The average molecular weight is 141 g/mol. The second-order valence-corrected chi connectivity index (χ2v) is 1.79. The fourth-order valence-electron chi connectivity index (χ4n) is 0.560. The van der Waals surface area contributed by atoms with Gasteiger partial charge in [0.1, 0.15) is 0 Å². The molecule has 0 aromatic rings. The van der Waals surface area contributed by atoms with Gasteiger partial charge < -0.3 is 5.11 Å². The molecule has 0 unspecified atom stereocenters. The van der Waals surface area contributed by atoms with Crippen molar-refractivity contribution in [3.05, 3.63) is 12.2 Å². The van der Waals surface area contributed by atoms with E-state index in [4.69, 9.17) is 5.11 Å². The van der Waals surface area contributed by atoms with Gasteiger partial charge in [0.25, 0.3) is 0 Å². The summed E-state index contributed by atoms with van der Waals surface area (Å²) in [4.78, 5) is 13.9. The third kappa shape index (κ3) is 3.83. The maximum absolute atomic E-state index is 10.1. The number of carbonyl (C=O) groups is 1. The molecule has 1 N–H and O–H groups in total. The molecule has 0 amide bonds. The van der Waals surface area contributed by atoms with Gasteiger partial charge in [0.2, 0.25) is 0 Å². The highest BCUT2D eigenvalue weighted by molar-refractivity contribution is 6.04. The molecule has 0 heterocycles. The first-order valence-corrected chi connectivity index (χ1v) is 3.01. The van der Waals surface area contributed by atoms with Gasteiger partial charge in [0.15, 0.2) is 0 Å². The van der Waals surface area contributed by atoms with E-state index in [0.717, 1.165) is 0 Å². The largest absolute Gasteiger partial charge is 0.481 e. The highest BCUT2D eigenvalue weighted by Gasteiger charge is 1.99. The standard InChI is InChI=1S/C7H11NO2/c1-3-4-6(8-2)5-7(9)10/h3-4H,5H2,1-2H3,(H,9,10)/b4-3-,8-6+. The van der Waals surface area contributed by atoms with E-state index in [-0.39, 0.29) is 6.42 Å². The fourth-order valence-corrected chi connectivity index (χ4v) is 0.560. The summed E-state index contributed by atoms with van der Waals surface area (Å²) < 4.78 is 0. The van der Waals surface area contributed by atoms with Crippen LogP contribution in [0.5, 0.6) is 0 Å². The molecule has 0 aromatic heterocycles. The summed E-state index contributed by atoms with van der Waals surface area (Å²) in [7, 11) is 1.58. The Bertz CT molecular complexity index is 170. The van der Waals surface area contributed by atoms with E-state index in [9.17, 15) is 4.79 Å². The predicted octanol–water partition coefficient (Wildman–Crippen LogP) is 1.11. The van der Waals surface area contributed by atoms with Crippen molar-refractivity contribution in [3.63, 3.8) is 0 Å². The van der Waals surface area contributed by atoms with Gasteiger partial charge in [-0.25, -0.2) is 0 Å². The molecule has 0 aromatic carbocycles. The Morgan fingerprint density at radius 3 is 2.60 bits per heavy atom. The van der Waals surface area contributed by atoms with Crippen molar-refractivity contribution >= 4 is 11.7 Å². The third-order valence-electron chi connectivity index (χ3n) is 0.979. The maximum Gasteiger partial charge on any atom is 0.309 e. The van der Waals surface area contributed by atoms with Crippen molar-refractivity contribution in [2.45, 2.75) is 13.3 Å². The molecule has 0 rings (SSSR count). The monoisotopic (exact) mass is 141 g/mol. The van der Waals surface area contributed by atoms with Gasteiger partial charge in [-0.1, -0.05) is 6.08 Å². The van der Waals surface area contributed by atoms with E-state index < -0.39 is 5.97 Å². The first kappa shape index (κ1) is 8.88. The molecular formula is C7H11NO2. The summed E-state index contributed by atoms with van der Waals surface area (Å²) in [5, 5.41) is 8.33. The van der Waals surface area contributed by atoms with E-state index >= 15 is 0 Å². The molecular weight excluding hydrogens is 130 g/mol. The van der Waals surface area contributed by atoms with Crippen LogP contribution in [0.4, 0.5) is 0 Å².